The molecule has 0 aliphatic carbocycles. The summed E-state index contributed by atoms with van der Waals surface area (Å²) in [5.74, 6) is 0.240. The van der Waals surface area contributed by atoms with E-state index in [-0.39, 0.29) is 11.5 Å². The lowest BCUT2D eigenvalue weighted by molar-refractivity contribution is 0.122. The summed E-state index contributed by atoms with van der Waals surface area (Å²) in [6, 6.07) is 7.75. The number of hydrogen-bond acceptors (Lipinski definition) is 7. The van der Waals surface area contributed by atoms with Crippen molar-refractivity contribution in [2.45, 2.75) is 6.43 Å². The van der Waals surface area contributed by atoms with E-state index >= 15 is 0 Å². The number of fused-ring (bicyclic) bond motifs is 1. The van der Waals surface area contributed by atoms with Gasteiger partial charge in [-0.3, -0.25) is 9.97 Å². The van der Waals surface area contributed by atoms with Gasteiger partial charge in [-0.25, -0.2) is 18.7 Å². The molecular weight excluding hydrogens is 416 g/mol. The smallest absolute Gasteiger partial charge is 0.282 e. The molecule has 0 radical (unpaired) electrons. The van der Waals surface area contributed by atoms with E-state index in [9.17, 15) is 8.78 Å². The number of nitrogens with zero attached hydrogens (tertiary/aromatic N) is 6. The Hall–Kier alpha value is -3.66. The molecule has 5 rings (SSSR count). The largest absolute Gasteiger partial charge is 0.378 e. The summed E-state index contributed by atoms with van der Waals surface area (Å²) in [6.07, 6.45) is 3.38. The van der Waals surface area contributed by atoms with Gasteiger partial charge in [-0.2, -0.15) is 0 Å². The molecule has 1 aliphatic rings. The molecule has 32 heavy (non-hydrogen) atoms. The summed E-state index contributed by atoms with van der Waals surface area (Å²) < 4.78 is 35.0. The van der Waals surface area contributed by atoms with Crippen LogP contribution in [0.1, 0.15) is 12.1 Å². The van der Waals surface area contributed by atoms with Crippen LogP contribution >= 0.6 is 0 Å². The first-order valence-electron chi connectivity index (χ1n) is 10.2. The summed E-state index contributed by atoms with van der Waals surface area (Å²) in [4.78, 5) is 19.2. The van der Waals surface area contributed by atoms with E-state index in [0.29, 0.717) is 24.3 Å². The number of imidazole rings is 1. The van der Waals surface area contributed by atoms with E-state index in [1.165, 1.54) is 12.4 Å². The minimum atomic E-state index is -2.80. The van der Waals surface area contributed by atoms with Crippen molar-refractivity contribution in [3.63, 3.8) is 0 Å². The highest BCUT2D eigenvalue weighted by atomic mass is 19.3. The molecule has 10 heteroatoms. The predicted octanol–water partition coefficient (Wildman–Crippen LogP) is 3.94. The number of ether oxygens (including phenoxy) is 1. The molecule has 4 aromatic rings. The second kappa shape index (κ2) is 8.46. The van der Waals surface area contributed by atoms with Crippen LogP contribution in [0.2, 0.25) is 0 Å². The number of nitrogens with one attached hydrogen (secondary N) is 1. The van der Waals surface area contributed by atoms with Crippen LogP contribution in [0.15, 0.2) is 49.2 Å². The molecule has 3 aromatic heterocycles. The van der Waals surface area contributed by atoms with E-state index < -0.39 is 12.1 Å². The van der Waals surface area contributed by atoms with Gasteiger partial charge in [-0.15, -0.1) is 0 Å². The molecule has 0 atom stereocenters. The van der Waals surface area contributed by atoms with Crippen LogP contribution in [0.3, 0.4) is 0 Å². The maximum atomic E-state index is 13.9. The van der Waals surface area contributed by atoms with E-state index in [1.807, 2.05) is 31.3 Å². The summed E-state index contributed by atoms with van der Waals surface area (Å²) in [7, 11) is 1.82. The van der Waals surface area contributed by atoms with Crippen molar-refractivity contribution in [1.29, 1.82) is 0 Å². The van der Waals surface area contributed by atoms with Crippen molar-refractivity contribution in [3.8, 4) is 11.3 Å². The summed E-state index contributed by atoms with van der Waals surface area (Å²) in [5, 5.41) is 3.06. The molecule has 1 aliphatic heterocycles. The van der Waals surface area contributed by atoms with E-state index in [0.717, 1.165) is 30.0 Å². The fraction of sp³-hybridized carbons (Fsp3) is 0.273. The zero-order valence-electron chi connectivity index (χ0n) is 17.4. The molecule has 0 saturated carbocycles. The summed E-state index contributed by atoms with van der Waals surface area (Å²) in [5.41, 5.74) is 3.18. The van der Waals surface area contributed by atoms with Gasteiger partial charge in [0.2, 0.25) is 0 Å². The first kappa shape index (κ1) is 20.3. The predicted molar refractivity (Wildman–Crippen MR) is 117 cm³/mol. The molecule has 0 amide bonds. The second-order valence-corrected chi connectivity index (χ2v) is 7.47. The van der Waals surface area contributed by atoms with Crippen molar-refractivity contribution in [2.75, 3.05) is 36.5 Å². The van der Waals surface area contributed by atoms with Crippen molar-refractivity contribution in [3.05, 3.63) is 54.9 Å². The van der Waals surface area contributed by atoms with Gasteiger partial charge in [-0.05, 0) is 24.3 Å². The number of hydrogen-bond donors (Lipinski definition) is 1. The van der Waals surface area contributed by atoms with Gasteiger partial charge in [-0.1, -0.05) is 0 Å². The molecule has 0 bridgehead atoms. The number of pyridine rings is 1. The van der Waals surface area contributed by atoms with Crippen molar-refractivity contribution >= 4 is 28.2 Å². The van der Waals surface area contributed by atoms with Crippen LogP contribution in [0, 0.1) is 0 Å². The third-order valence-electron chi connectivity index (χ3n) is 5.42. The lowest BCUT2D eigenvalue weighted by Crippen LogP contribution is -2.36. The number of alkyl halides is 2. The van der Waals surface area contributed by atoms with Crippen molar-refractivity contribution < 1.29 is 13.5 Å². The Kier molecular flexibility index (Phi) is 5.36. The van der Waals surface area contributed by atoms with Crippen LogP contribution in [0.25, 0.3) is 22.3 Å². The number of aryl methyl sites for hydroxylation is 1. The number of anilines is 3. The summed E-state index contributed by atoms with van der Waals surface area (Å²) >= 11 is 0. The van der Waals surface area contributed by atoms with Crippen molar-refractivity contribution in [2.24, 2.45) is 7.05 Å². The third-order valence-corrected chi connectivity index (χ3v) is 5.42. The third kappa shape index (κ3) is 3.84. The first-order valence-corrected chi connectivity index (χ1v) is 10.2. The molecule has 164 valence electrons. The lowest BCUT2D eigenvalue weighted by Gasteiger charge is -2.28. The number of benzene rings is 1. The zero-order valence-corrected chi connectivity index (χ0v) is 17.4. The Balaban J connectivity index is 1.43. The molecule has 1 aromatic carbocycles. The lowest BCUT2D eigenvalue weighted by atomic mass is 10.1. The van der Waals surface area contributed by atoms with Crippen LogP contribution < -0.4 is 10.2 Å². The Morgan fingerprint density at radius 2 is 1.81 bits per heavy atom. The molecule has 8 nitrogen and oxygen atoms in total. The van der Waals surface area contributed by atoms with Crippen LogP contribution in [-0.2, 0) is 11.8 Å². The Bertz CT molecular complexity index is 1240. The van der Waals surface area contributed by atoms with E-state index in [1.54, 1.807) is 17.1 Å². The van der Waals surface area contributed by atoms with Crippen LogP contribution in [-0.4, -0.2) is 50.8 Å². The first-order chi connectivity index (χ1) is 15.6. The van der Waals surface area contributed by atoms with Gasteiger partial charge in [0, 0.05) is 43.3 Å². The Morgan fingerprint density at radius 1 is 1.03 bits per heavy atom. The summed E-state index contributed by atoms with van der Waals surface area (Å²) in [6.45, 7) is 3.10. The van der Waals surface area contributed by atoms with Gasteiger partial charge < -0.3 is 19.5 Å². The highest BCUT2D eigenvalue weighted by Crippen LogP contribution is 2.33. The molecule has 4 heterocycles. The van der Waals surface area contributed by atoms with Crippen LogP contribution in [0.5, 0.6) is 0 Å². The van der Waals surface area contributed by atoms with Gasteiger partial charge in [0.25, 0.3) is 6.43 Å². The highest BCUT2D eigenvalue weighted by molar-refractivity contribution is 5.90. The van der Waals surface area contributed by atoms with Gasteiger partial charge in [0.05, 0.1) is 37.5 Å². The zero-order chi connectivity index (χ0) is 22.1. The fourth-order valence-corrected chi connectivity index (χ4v) is 3.76. The number of aromatic nitrogens is 5. The SMILES string of the molecule is Cn1cnc2c(-c3ncc(Nc4ccc(N5CCOCC5)cc4)nc3C(F)F)cncc21. The number of rotatable bonds is 5. The van der Waals surface area contributed by atoms with E-state index in [2.05, 4.69) is 30.2 Å². The monoisotopic (exact) mass is 437 g/mol. The average Bonchev–Trinajstić information content (AvgIpc) is 3.21. The minimum absolute atomic E-state index is 0.0741. The van der Waals surface area contributed by atoms with Crippen LogP contribution in [0.4, 0.5) is 26.0 Å². The number of morpholine rings is 1. The molecule has 1 N–H and O–H groups in total. The molecule has 0 unspecified atom stereocenters. The Labute approximate surface area is 182 Å². The molecule has 1 saturated heterocycles. The van der Waals surface area contributed by atoms with Gasteiger partial charge in [0.1, 0.15) is 22.7 Å². The molecular formula is C22H21F2N7O. The second-order valence-electron chi connectivity index (χ2n) is 7.47. The standard InChI is InChI=1S/C22H21F2N7O/c1-30-13-27-19-16(10-25-11-17(19)30)20-21(22(23)24)29-18(12-26-20)28-14-2-4-15(5-3-14)31-6-8-32-9-7-31/h2-5,10-13,22H,6-9H2,1H3,(H,28,29). The molecule has 0 spiro atoms. The van der Waals surface area contributed by atoms with Gasteiger partial charge >= 0.3 is 0 Å². The quantitative estimate of drug-likeness (QED) is 0.506. The fourth-order valence-electron chi connectivity index (χ4n) is 3.76. The minimum Gasteiger partial charge on any atom is -0.378 e. The Morgan fingerprint density at radius 3 is 2.56 bits per heavy atom. The average molecular weight is 437 g/mol. The maximum absolute atomic E-state index is 13.9. The van der Waals surface area contributed by atoms with Gasteiger partial charge in [0.15, 0.2) is 0 Å². The number of halogens is 2. The topological polar surface area (TPSA) is 81.0 Å². The highest BCUT2D eigenvalue weighted by Gasteiger charge is 2.22. The maximum Gasteiger partial charge on any atom is 0.282 e. The van der Waals surface area contributed by atoms with E-state index in [4.69, 9.17) is 4.74 Å². The molecule has 1 fully saturated rings. The van der Waals surface area contributed by atoms with Crippen molar-refractivity contribution in [1.82, 2.24) is 24.5 Å². The normalized spacial score (nSPS) is 14.3.